The summed E-state index contributed by atoms with van der Waals surface area (Å²) >= 11 is 0. The highest BCUT2D eigenvalue weighted by atomic mass is 19.1. The van der Waals surface area contributed by atoms with Gasteiger partial charge in [-0.15, -0.1) is 0 Å². The third kappa shape index (κ3) is 9.95. The van der Waals surface area contributed by atoms with Crippen LogP contribution in [0.25, 0.3) is 0 Å². The van der Waals surface area contributed by atoms with Gasteiger partial charge in [-0.05, 0) is 44.7 Å². The SMILES string of the molecule is Cc1ccc(CNC(=O)[C@H](CO[C@H]2CCN(C(=O)/C(C#N)=C/C(C)C)C2)NC(=O)[C@@H](NC(=O)c2cc(C)on2)[C@@H](C)O)c(F)c1. The van der Waals surface area contributed by atoms with Crippen LogP contribution in [-0.4, -0.2) is 82.8 Å². The first-order valence-electron chi connectivity index (χ1n) is 14.6. The van der Waals surface area contributed by atoms with Gasteiger partial charge in [0.15, 0.2) is 5.69 Å². The van der Waals surface area contributed by atoms with Crippen molar-refractivity contribution in [2.24, 2.45) is 5.92 Å². The van der Waals surface area contributed by atoms with Crippen LogP contribution in [0.5, 0.6) is 0 Å². The Bertz CT molecular complexity index is 1460. The number of ether oxygens (including phenoxy) is 1. The fraction of sp³-hybridized carbons (Fsp3) is 0.484. The van der Waals surface area contributed by atoms with Crippen molar-refractivity contribution in [1.29, 1.82) is 5.26 Å². The molecule has 4 amide bonds. The molecule has 14 heteroatoms. The average Bonchev–Trinajstić information content (AvgIpc) is 3.64. The van der Waals surface area contributed by atoms with Gasteiger partial charge in [-0.2, -0.15) is 5.26 Å². The van der Waals surface area contributed by atoms with E-state index in [4.69, 9.17) is 9.26 Å². The summed E-state index contributed by atoms with van der Waals surface area (Å²) in [6.45, 7) is 8.29. The fourth-order valence-electron chi connectivity index (χ4n) is 4.58. The van der Waals surface area contributed by atoms with Crippen molar-refractivity contribution >= 4 is 23.6 Å². The molecule has 1 saturated heterocycles. The van der Waals surface area contributed by atoms with E-state index in [9.17, 15) is 33.9 Å². The smallest absolute Gasteiger partial charge is 0.274 e. The topological polar surface area (TPSA) is 187 Å². The maximum absolute atomic E-state index is 14.4. The molecule has 45 heavy (non-hydrogen) atoms. The summed E-state index contributed by atoms with van der Waals surface area (Å²) in [6, 6.07) is 5.05. The van der Waals surface area contributed by atoms with Crippen LogP contribution in [0.2, 0.25) is 0 Å². The lowest BCUT2D eigenvalue weighted by Gasteiger charge is -2.25. The highest BCUT2D eigenvalue weighted by molar-refractivity contribution is 5.98. The minimum absolute atomic E-state index is 0.00447. The maximum Gasteiger partial charge on any atom is 0.274 e. The monoisotopic (exact) mass is 626 g/mol. The number of nitrogens with zero attached hydrogens (tertiary/aromatic N) is 3. The quantitative estimate of drug-likeness (QED) is 0.188. The van der Waals surface area contributed by atoms with Gasteiger partial charge in [-0.1, -0.05) is 37.2 Å². The van der Waals surface area contributed by atoms with Gasteiger partial charge in [0.2, 0.25) is 11.8 Å². The first-order valence-corrected chi connectivity index (χ1v) is 14.6. The molecular formula is C31H39FN6O7. The Morgan fingerprint density at radius 2 is 1.93 bits per heavy atom. The minimum Gasteiger partial charge on any atom is -0.391 e. The van der Waals surface area contributed by atoms with Crippen molar-refractivity contribution in [3.05, 3.63) is 64.3 Å². The number of aromatic nitrogens is 1. The van der Waals surface area contributed by atoms with Crippen molar-refractivity contribution in [1.82, 2.24) is 26.0 Å². The van der Waals surface area contributed by atoms with Gasteiger partial charge in [0.1, 0.15) is 35.3 Å². The zero-order valence-corrected chi connectivity index (χ0v) is 25.9. The molecular weight excluding hydrogens is 587 g/mol. The molecule has 0 unspecified atom stereocenters. The van der Waals surface area contributed by atoms with Crippen LogP contribution in [0.4, 0.5) is 4.39 Å². The van der Waals surface area contributed by atoms with E-state index in [-0.39, 0.29) is 42.4 Å². The minimum atomic E-state index is -1.48. The van der Waals surface area contributed by atoms with Crippen LogP contribution in [0.15, 0.2) is 40.4 Å². The molecule has 0 radical (unpaired) electrons. The van der Waals surface area contributed by atoms with Gasteiger partial charge in [-0.3, -0.25) is 19.2 Å². The lowest BCUT2D eigenvalue weighted by atomic mass is 10.1. The van der Waals surface area contributed by atoms with Gasteiger partial charge in [0.05, 0.1) is 18.8 Å². The van der Waals surface area contributed by atoms with E-state index in [1.54, 1.807) is 26.0 Å². The molecule has 1 aromatic carbocycles. The van der Waals surface area contributed by atoms with Crippen LogP contribution in [0, 0.1) is 36.9 Å². The number of hydrogen-bond acceptors (Lipinski definition) is 9. The van der Waals surface area contributed by atoms with Crippen LogP contribution < -0.4 is 16.0 Å². The third-order valence-electron chi connectivity index (χ3n) is 6.99. The molecule has 4 N–H and O–H groups in total. The molecule has 3 rings (SSSR count). The Morgan fingerprint density at radius 1 is 1.20 bits per heavy atom. The summed E-state index contributed by atoms with van der Waals surface area (Å²) in [7, 11) is 0. The van der Waals surface area contributed by atoms with Crippen molar-refractivity contribution in [3.8, 4) is 6.07 Å². The molecule has 1 aliphatic rings. The van der Waals surface area contributed by atoms with Gasteiger partial charge >= 0.3 is 0 Å². The number of likely N-dealkylation sites (tertiary alicyclic amines) is 1. The second-order valence-corrected chi connectivity index (χ2v) is 11.3. The van der Waals surface area contributed by atoms with E-state index in [0.29, 0.717) is 24.3 Å². The predicted octanol–water partition coefficient (Wildman–Crippen LogP) is 1.43. The second-order valence-electron chi connectivity index (χ2n) is 11.3. The summed E-state index contributed by atoms with van der Waals surface area (Å²) < 4.78 is 25.2. The number of aryl methyl sites for hydroxylation is 2. The Labute approximate surface area is 260 Å². The number of hydrogen-bond donors (Lipinski definition) is 4. The van der Waals surface area contributed by atoms with Gasteiger partial charge in [0, 0.05) is 31.3 Å². The molecule has 2 aromatic rings. The fourth-order valence-corrected chi connectivity index (χ4v) is 4.58. The number of nitrogens with one attached hydrogen (secondary N) is 3. The molecule has 1 fully saturated rings. The summed E-state index contributed by atoms with van der Waals surface area (Å²) in [5.41, 5.74) is 0.862. The number of aliphatic hydroxyl groups excluding tert-OH is 1. The van der Waals surface area contributed by atoms with E-state index >= 15 is 0 Å². The maximum atomic E-state index is 14.4. The third-order valence-corrected chi connectivity index (χ3v) is 6.99. The number of nitriles is 1. The molecule has 242 valence electrons. The first kappa shape index (κ1) is 34.9. The Kier molecular flexibility index (Phi) is 12.3. The number of rotatable bonds is 13. The number of carbonyl (C=O) groups is 4. The van der Waals surface area contributed by atoms with E-state index in [0.717, 1.165) is 0 Å². The zero-order valence-electron chi connectivity index (χ0n) is 25.9. The molecule has 0 saturated carbocycles. The van der Waals surface area contributed by atoms with E-state index in [1.165, 1.54) is 30.0 Å². The van der Waals surface area contributed by atoms with Crippen molar-refractivity contribution in [2.75, 3.05) is 19.7 Å². The number of halogens is 1. The Morgan fingerprint density at radius 3 is 2.53 bits per heavy atom. The Hall–Kier alpha value is -4.61. The number of allylic oxidation sites excluding steroid dienone is 1. The van der Waals surface area contributed by atoms with Crippen LogP contribution >= 0.6 is 0 Å². The normalized spacial score (nSPS) is 16.9. The van der Waals surface area contributed by atoms with Crippen LogP contribution in [0.1, 0.15) is 54.6 Å². The lowest BCUT2D eigenvalue weighted by Crippen LogP contribution is -2.58. The molecule has 1 aromatic heterocycles. The molecule has 0 bridgehead atoms. The number of carbonyl (C=O) groups excluding carboxylic acids is 4. The van der Waals surface area contributed by atoms with E-state index < -0.39 is 53.7 Å². The summed E-state index contributed by atoms with van der Waals surface area (Å²) in [5.74, 6) is -2.93. The number of amides is 4. The highest BCUT2D eigenvalue weighted by Gasteiger charge is 2.33. The second kappa shape index (κ2) is 15.9. The average molecular weight is 627 g/mol. The zero-order chi connectivity index (χ0) is 33.3. The van der Waals surface area contributed by atoms with E-state index in [1.807, 2.05) is 19.9 Å². The molecule has 2 heterocycles. The largest absolute Gasteiger partial charge is 0.391 e. The summed E-state index contributed by atoms with van der Waals surface area (Å²) in [5, 5.41) is 30.8. The predicted molar refractivity (Wildman–Crippen MR) is 159 cm³/mol. The van der Waals surface area contributed by atoms with Crippen LogP contribution in [0.3, 0.4) is 0 Å². The molecule has 0 aliphatic carbocycles. The lowest BCUT2D eigenvalue weighted by molar-refractivity contribution is -0.133. The van der Waals surface area contributed by atoms with Gasteiger partial charge < -0.3 is 35.2 Å². The molecule has 0 spiro atoms. The van der Waals surface area contributed by atoms with Crippen molar-refractivity contribution < 1.29 is 37.9 Å². The van der Waals surface area contributed by atoms with Gasteiger partial charge in [0.25, 0.3) is 11.8 Å². The summed E-state index contributed by atoms with van der Waals surface area (Å²) in [6.07, 6.45) is 0.143. The summed E-state index contributed by atoms with van der Waals surface area (Å²) in [4.78, 5) is 53.4. The number of benzene rings is 1. The standard InChI is InChI=1S/C31H39FN6O7/c1-17(2)10-22(13-33)31(43)38-9-8-23(15-38)44-16-26(28(40)34-14-21-7-6-18(3)11-24(21)32)35-30(42)27(20(5)39)36-29(41)25-12-19(4)45-37-25/h6-7,10-12,17,20,23,26-27,39H,8-9,14-16H2,1-5H3,(H,34,40)(H,35,42)(H,36,41)/b22-10+/t20-,23+,26+,27+/m1/s1. The van der Waals surface area contributed by atoms with Gasteiger partial charge in [-0.25, -0.2) is 4.39 Å². The Balaban J connectivity index is 1.71. The van der Waals surface area contributed by atoms with E-state index in [2.05, 4.69) is 21.1 Å². The van der Waals surface area contributed by atoms with Crippen molar-refractivity contribution in [2.45, 2.75) is 71.9 Å². The van der Waals surface area contributed by atoms with Crippen LogP contribution in [-0.2, 0) is 25.7 Å². The number of aliphatic hydroxyl groups is 1. The molecule has 1 aliphatic heterocycles. The molecule has 4 atom stereocenters. The first-order chi connectivity index (χ1) is 21.3. The van der Waals surface area contributed by atoms with Crippen molar-refractivity contribution in [3.63, 3.8) is 0 Å². The highest BCUT2D eigenvalue weighted by Crippen LogP contribution is 2.17. The molecule has 13 nitrogen and oxygen atoms in total.